The maximum atomic E-state index is 11.7. The van der Waals surface area contributed by atoms with E-state index in [1.807, 2.05) is 49.3 Å². The predicted molar refractivity (Wildman–Crippen MR) is 77.1 cm³/mol. The van der Waals surface area contributed by atoms with Crippen LogP contribution in [0.5, 0.6) is 0 Å². The second-order valence-electron chi connectivity index (χ2n) is 4.29. The molecule has 1 aliphatic heterocycles. The van der Waals surface area contributed by atoms with Gasteiger partial charge in [0.2, 0.25) is 5.91 Å². The number of thiocarbonyl (C=S) groups is 1. The summed E-state index contributed by atoms with van der Waals surface area (Å²) in [4.78, 5) is 17.8. The van der Waals surface area contributed by atoms with Gasteiger partial charge in [0.15, 0.2) is 11.0 Å². The Kier molecular flexibility index (Phi) is 3.58. The fourth-order valence-corrected chi connectivity index (χ4v) is 1.98. The fraction of sp³-hybridized carbons (Fsp3) is 0.231. The smallest absolute Gasteiger partial charge is 0.249 e. The average Bonchev–Trinajstić information content (AvgIpc) is 2.38. The minimum atomic E-state index is -0.920. The Hall–Kier alpha value is -2.26. The third kappa shape index (κ3) is 2.61. The Labute approximate surface area is 116 Å². The van der Waals surface area contributed by atoms with E-state index in [1.165, 1.54) is 0 Å². The van der Waals surface area contributed by atoms with Crippen LogP contribution in [0.15, 0.2) is 29.3 Å². The third-order valence-corrected chi connectivity index (χ3v) is 2.99. The monoisotopic (exact) mass is 272 g/mol. The number of amides is 1. The van der Waals surface area contributed by atoms with Crippen molar-refractivity contribution in [2.45, 2.75) is 0 Å². The van der Waals surface area contributed by atoms with Crippen LogP contribution in [0.2, 0.25) is 0 Å². The average molecular weight is 272 g/mol. The molecule has 0 aliphatic carbocycles. The van der Waals surface area contributed by atoms with Crippen LogP contribution in [0, 0.1) is 17.2 Å². The highest BCUT2D eigenvalue weighted by Crippen LogP contribution is 2.18. The summed E-state index contributed by atoms with van der Waals surface area (Å²) >= 11 is 4.89. The van der Waals surface area contributed by atoms with Crippen LogP contribution < -0.4 is 10.2 Å². The molecule has 2 rings (SSSR count). The Morgan fingerprint density at radius 3 is 2.53 bits per heavy atom. The molecule has 1 N–H and O–H groups in total. The van der Waals surface area contributed by atoms with Gasteiger partial charge in [0.25, 0.3) is 0 Å². The number of nitrogens with zero attached hydrogens (tertiary/aromatic N) is 3. The number of anilines is 1. The van der Waals surface area contributed by atoms with E-state index in [9.17, 15) is 4.79 Å². The number of nitriles is 1. The van der Waals surface area contributed by atoms with Crippen molar-refractivity contribution in [3.05, 3.63) is 29.8 Å². The molecule has 96 valence electrons. The standard InChI is InChI=1S/C13H12N4OS/c1-17(2)9-5-3-8(4-6-9)11-10(7-14)12(18)16-13(19)15-11/h3-6,10H,1-2H3,(H,16,18,19). The number of hydrogen-bond acceptors (Lipinski definition) is 4. The Morgan fingerprint density at radius 2 is 2.00 bits per heavy atom. The lowest BCUT2D eigenvalue weighted by Gasteiger charge is -2.19. The second kappa shape index (κ2) is 5.16. The van der Waals surface area contributed by atoms with Crippen molar-refractivity contribution < 1.29 is 4.79 Å². The first kappa shape index (κ1) is 13.2. The number of nitrogens with one attached hydrogen (secondary N) is 1. The summed E-state index contributed by atoms with van der Waals surface area (Å²) in [7, 11) is 3.88. The summed E-state index contributed by atoms with van der Waals surface area (Å²) in [6.45, 7) is 0. The molecule has 19 heavy (non-hydrogen) atoms. The molecule has 1 aromatic carbocycles. The van der Waals surface area contributed by atoms with Crippen LogP contribution in [0.1, 0.15) is 5.56 Å². The summed E-state index contributed by atoms with van der Waals surface area (Å²) in [6.07, 6.45) is 0. The van der Waals surface area contributed by atoms with Crippen LogP contribution >= 0.6 is 12.2 Å². The molecular formula is C13H12N4OS. The summed E-state index contributed by atoms with van der Waals surface area (Å²) in [6, 6.07) is 9.42. The van der Waals surface area contributed by atoms with Crippen LogP contribution in [-0.2, 0) is 4.79 Å². The molecular weight excluding hydrogens is 260 g/mol. The van der Waals surface area contributed by atoms with E-state index in [0.717, 1.165) is 11.3 Å². The molecule has 0 bridgehead atoms. The fourth-order valence-electron chi connectivity index (χ4n) is 1.78. The molecule has 1 unspecified atom stereocenters. The first-order valence-corrected chi connectivity index (χ1v) is 6.04. The molecule has 5 nitrogen and oxygen atoms in total. The Balaban J connectivity index is 2.41. The van der Waals surface area contributed by atoms with E-state index < -0.39 is 11.8 Å². The minimum absolute atomic E-state index is 0.100. The van der Waals surface area contributed by atoms with Gasteiger partial charge in [0, 0.05) is 19.8 Å². The summed E-state index contributed by atoms with van der Waals surface area (Å²) in [5.74, 6) is -1.34. The molecule has 1 amide bonds. The van der Waals surface area contributed by atoms with Crippen molar-refractivity contribution in [1.29, 1.82) is 5.26 Å². The van der Waals surface area contributed by atoms with Gasteiger partial charge in [-0.25, -0.2) is 4.99 Å². The van der Waals surface area contributed by atoms with Crippen molar-refractivity contribution in [1.82, 2.24) is 5.32 Å². The van der Waals surface area contributed by atoms with E-state index in [-0.39, 0.29) is 5.11 Å². The highest BCUT2D eigenvalue weighted by atomic mass is 32.1. The van der Waals surface area contributed by atoms with Crippen molar-refractivity contribution in [3.63, 3.8) is 0 Å². The molecule has 0 saturated heterocycles. The van der Waals surface area contributed by atoms with Gasteiger partial charge < -0.3 is 4.90 Å². The van der Waals surface area contributed by atoms with Gasteiger partial charge in [-0.05, 0) is 29.9 Å². The summed E-state index contributed by atoms with van der Waals surface area (Å²) in [5.41, 5.74) is 2.16. The lowest BCUT2D eigenvalue weighted by Crippen LogP contribution is -2.42. The van der Waals surface area contributed by atoms with Crippen molar-refractivity contribution >= 4 is 34.6 Å². The number of hydrogen-bond donors (Lipinski definition) is 1. The molecule has 0 saturated carbocycles. The number of carbonyl (C=O) groups excluding carboxylic acids is 1. The molecule has 1 aromatic rings. The van der Waals surface area contributed by atoms with Gasteiger partial charge in [-0.15, -0.1) is 0 Å². The van der Waals surface area contributed by atoms with E-state index in [2.05, 4.69) is 10.3 Å². The zero-order chi connectivity index (χ0) is 14.0. The SMILES string of the molecule is CN(C)c1ccc(C2=NC(=S)NC(=O)C2C#N)cc1. The zero-order valence-electron chi connectivity index (χ0n) is 10.5. The lowest BCUT2D eigenvalue weighted by atomic mass is 9.95. The first-order chi connectivity index (χ1) is 9.02. The normalized spacial score (nSPS) is 18.4. The zero-order valence-corrected chi connectivity index (χ0v) is 11.4. The number of rotatable bonds is 2. The van der Waals surface area contributed by atoms with Crippen LogP contribution in [0.3, 0.4) is 0 Å². The molecule has 0 fully saturated rings. The lowest BCUT2D eigenvalue weighted by molar-refractivity contribution is -0.120. The largest absolute Gasteiger partial charge is 0.378 e. The van der Waals surface area contributed by atoms with Gasteiger partial charge >= 0.3 is 0 Å². The van der Waals surface area contributed by atoms with Crippen molar-refractivity contribution in [3.8, 4) is 6.07 Å². The van der Waals surface area contributed by atoms with Gasteiger partial charge in [0.1, 0.15) is 0 Å². The number of benzene rings is 1. The molecule has 0 aromatic heterocycles. The van der Waals surface area contributed by atoms with Gasteiger partial charge in [-0.3, -0.25) is 10.1 Å². The minimum Gasteiger partial charge on any atom is -0.378 e. The highest BCUT2D eigenvalue weighted by molar-refractivity contribution is 7.80. The maximum Gasteiger partial charge on any atom is 0.249 e. The topological polar surface area (TPSA) is 68.5 Å². The number of aliphatic imine (C=N–C) groups is 1. The first-order valence-electron chi connectivity index (χ1n) is 5.63. The molecule has 6 heteroatoms. The number of carbonyl (C=O) groups is 1. The molecule has 0 spiro atoms. The molecule has 0 radical (unpaired) electrons. The van der Waals surface area contributed by atoms with E-state index in [0.29, 0.717) is 5.71 Å². The van der Waals surface area contributed by atoms with Gasteiger partial charge in [-0.1, -0.05) is 12.1 Å². The van der Waals surface area contributed by atoms with Crippen LogP contribution in [0.25, 0.3) is 0 Å². The summed E-state index contributed by atoms with van der Waals surface area (Å²) in [5, 5.41) is 11.6. The molecule has 1 aliphatic rings. The van der Waals surface area contributed by atoms with Crippen LogP contribution in [-0.4, -0.2) is 30.8 Å². The maximum absolute atomic E-state index is 11.7. The van der Waals surface area contributed by atoms with Crippen LogP contribution in [0.4, 0.5) is 5.69 Å². The molecule has 1 atom stereocenters. The van der Waals surface area contributed by atoms with Crippen molar-refractivity contribution in [2.24, 2.45) is 10.9 Å². The van der Waals surface area contributed by atoms with E-state index in [4.69, 9.17) is 17.5 Å². The second-order valence-corrected chi connectivity index (χ2v) is 4.68. The van der Waals surface area contributed by atoms with Gasteiger partial charge in [-0.2, -0.15) is 5.26 Å². The van der Waals surface area contributed by atoms with E-state index in [1.54, 1.807) is 0 Å². The molecule has 1 heterocycles. The van der Waals surface area contributed by atoms with Gasteiger partial charge in [0.05, 0.1) is 11.8 Å². The Bertz CT molecular complexity index is 598. The third-order valence-electron chi connectivity index (χ3n) is 2.80. The quantitative estimate of drug-likeness (QED) is 0.818. The van der Waals surface area contributed by atoms with Crippen molar-refractivity contribution in [2.75, 3.05) is 19.0 Å². The van der Waals surface area contributed by atoms with E-state index >= 15 is 0 Å². The Morgan fingerprint density at radius 1 is 1.37 bits per heavy atom. The summed E-state index contributed by atoms with van der Waals surface area (Å²) < 4.78 is 0. The highest BCUT2D eigenvalue weighted by Gasteiger charge is 2.30. The predicted octanol–water partition coefficient (Wildman–Crippen LogP) is 1.10.